The van der Waals surface area contributed by atoms with Crippen LogP contribution < -0.4 is 5.32 Å². The van der Waals surface area contributed by atoms with Gasteiger partial charge < -0.3 is 5.32 Å². The summed E-state index contributed by atoms with van der Waals surface area (Å²) >= 11 is 0. The van der Waals surface area contributed by atoms with E-state index < -0.39 is 5.91 Å². The summed E-state index contributed by atoms with van der Waals surface area (Å²) < 4.78 is 0. The summed E-state index contributed by atoms with van der Waals surface area (Å²) in [6.45, 7) is 0. The van der Waals surface area contributed by atoms with Crippen molar-refractivity contribution in [2.45, 2.75) is 0 Å². The number of anilines is 1. The van der Waals surface area contributed by atoms with Crippen LogP contribution in [0.5, 0.6) is 0 Å². The first-order valence-electron chi connectivity index (χ1n) is 6.13. The maximum atomic E-state index is 12.0. The lowest BCUT2D eigenvalue weighted by molar-refractivity contribution is -0.112. The number of terminal acetylenes is 1. The lowest BCUT2D eigenvalue weighted by Crippen LogP contribution is -2.13. The second-order valence-corrected chi connectivity index (χ2v) is 4.13. The first-order valence-corrected chi connectivity index (χ1v) is 6.13. The van der Waals surface area contributed by atoms with Crippen LogP contribution in [0.2, 0.25) is 0 Å². The van der Waals surface area contributed by atoms with Gasteiger partial charge in [0.15, 0.2) is 0 Å². The second-order valence-electron chi connectivity index (χ2n) is 4.13. The predicted molar refractivity (Wildman–Crippen MR) is 80.8 cm³/mol. The molecule has 21 heavy (non-hydrogen) atoms. The van der Waals surface area contributed by atoms with Gasteiger partial charge in [-0.2, -0.15) is 5.26 Å². The van der Waals surface area contributed by atoms with Crippen LogP contribution in [0.1, 0.15) is 11.1 Å². The molecule has 0 aliphatic heterocycles. The Morgan fingerprint density at radius 1 is 1.19 bits per heavy atom. The van der Waals surface area contributed by atoms with Gasteiger partial charge in [0, 0.05) is 23.6 Å². The van der Waals surface area contributed by atoms with Crippen molar-refractivity contribution in [2.75, 3.05) is 5.32 Å². The number of carbonyl (C=O) groups excluding carboxylic acids is 1. The molecule has 0 radical (unpaired) electrons. The zero-order valence-corrected chi connectivity index (χ0v) is 11.1. The highest BCUT2D eigenvalue weighted by Crippen LogP contribution is 2.11. The lowest BCUT2D eigenvalue weighted by atomic mass is 10.1. The van der Waals surface area contributed by atoms with Crippen molar-refractivity contribution in [3.63, 3.8) is 0 Å². The number of pyridine rings is 1. The van der Waals surface area contributed by atoms with Crippen molar-refractivity contribution in [3.05, 3.63) is 65.5 Å². The summed E-state index contributed by atoms with van der Waals surface area (Å²) in [6.07, 6.45) is 9.90. The minimum atomic E-state index is -0.468. The molecule has 0 atom stereocenters. The van der Waals surface area contributed by atoms with Crippen molar-refractivity contribution in [2.24, 2.45) is 0 Å². The van der Waals surface area contributed by atoms with Gasteiger partial charge in [0.05, 0.1) is 0 Å². The summed E-state index contributed by atoms with van der Waals surface area (Å²) in [5, 5.41) is 11.7. The van der Waals surface area contributed by atoms with E-state index in [2.05, 4.69) is 16.2 Å². The topological polar surface area (TPSA) is 65.8 Å². The SMILES string of the molecule is C#Cc1ccc(C=C(C#N)C(=O)Nc2ccncc2)cc1. The third-order valence-electron chi connectivity index (χ3n) is 2.69. The summed E-state index contributed by atoms with van der Waals surface area (Å²) in [6, 6.07) is 12.2. The monoisotopic (exact) mass is 273 g/mol. The van der Waals surface area contributed by atoms with Crippen molar-refractivity contribution < 1.29 is 4.79 Å². The molecular weight excluding hydrogens is 262 g/mol. The third-order valence-corrected chi connectivity index (χ3v) is 2.69. The van der Waals surface area contributed by atoms with Gasteiger partial charge in [0.2, 0.25) is 0 Å². The van der Waals surface area contributed by atoms with Crippen LogP contribution in [0, 0.1) is 23.7 Å². The molecule has 2 aromatic rings. The summed E-state index contributed by atoms with van der Waals surface area (Å²) in [4.78, 5) is 15.9. The van der Waals surface area contributed by atoms with Gasteiger partial charge in [-0.1, -0.05) is 18.1 Å². The molecule has 0 saturated carbocycles. The van der Waals surface area contributed by atoms with Crippen LogP contribution in [0.3, 0.4) is 0 Å². The van der Waals surface area contributed by atoms with E-state index >= 15 is 0 Å². The number of amides is 1. The minimum Gasteiger partial charge on any atom is -0.321 e. The Labute approximate surface area is 122 Å². The van der Waals surface area contributed by atoms with Gasteiger partial charge in [-0.05, 0) is 35.9 Å². The van der Waals surface area contributed by atoms with Gasteiger partial charge in [-0.25, -0.2) is 0 Å². The summed E-state index contributed by atoms with van der Waals surface area (Å²) in [7, 11) is 0. The number of benzene rings is 1. The molecular formula is C17H11N3O. The summed E-state index contributed by atoms with van der Waals surface area (Å²) in [5.41, 5.74) is 2.07. The molecule has 2 rings (SSSR count). The van der Waals surface area contributed by atoms with Crippen LogP contribution in [0.4, 0.5) is 5.69 Å². The maximum absolute atomic E-state index is 12.0. The Kier molecular flexibility index (Phi) is 4.48. The molecule has 0 aliphatic rings. The van der Waals surface area contributed by atoms with Gasteiger partial charge in [-0.15, -0.1) is 6.42 Å². The highest BCUT2D eigenvalue weighted by molar-refractivity contribution is 6.09. The van der Waals surface area contributed by atoms with Crippen LogP contribution in [0.15, 0.2) is 54.4 Å². The molecule has 1 amide bonds. The molecule has 4 heteroatoms. The Bertz CT molecular complexity index is 747. The third kappa shape index (κ3) is 3.79. The van der Waals surface area contributed by atoms with Crippen molar-refractivity contribution >= 4 is 17.7 Å². The first-order chi connectivity index (χ1) is 10.2. The maximum Gasteiger partial charge on any atom is 0.266 e. The molecule has 0 bridgehead atoms. The summed E-state index contributed by atoms with van der Waals surface area (Å²) in [5.74, 6) is 2.04. The van der Waals surface area contributed by atoms with Crippen LogP contribution in [-0.2, 0) is 4.79 Å². The number of hydrogen-bond donors (Lipinski definition) is 1. The Balaban J connectivity index is 2.18. The van der Waals surface area contributed by atoms with Gasteiger partial charge in [0.25, 0.3) is 5.91 Å². The van der Waals surface area contributed by atoms with Crippen molar-refractivity contribution in [1.29, 1.82) is 5.26 Å². The number of nitrogens with zero attached hydrogens (tertiary/aromatic N) is 2. The number of nitrogens with one attached hydrogen (secondary N) is 1. The molecule has 100 valence electrons. The second kappa shape index (κ2) is 6.70. The number of hydrogen-bond acceptors (Lipinski definition) is 3. The molecule has 0 saturated heterocycles. The van der Waals surface area contributed by atoms with E-state index in [0.717, 1.165) is 11.1 Å². The fourth-order valence-corrected chi connectivity index (χ4v) is 1.62. The molecule has 0 aliphatic carbocycles. The van der Waals surface area contributed by atoms with Gasteiger partial charge in [-0.3, -0.25) is 9.78 Å². The van der Waals surface area contributed by atoms with E-state index in [-0.39, 0.29) is 5.57 Å². The highest BCUT2D eigenvalue weighted by atomic mass is 16.1. The number of aromatic nitrogens is 1. The molecule has 0 fully saturated rings. The largest absolute Gasteiger partial charge is 0.321 e. The molecule has 0 spiro atoms. The van der Waals surface area contributed by atoms with Crippen molar-refractivity contribution in [1.82, 2.24) is 4.98 Å². The Morgan fingerprint density at radius 2 is 1.86 bits per heavy atom. The Hall–Kier alpha value is -3.37. The zero-order chi connectivity index (χ0) is 15.1. The average molecular weight is 273 g/mol. The zero-order valence-electron chi connectivity index (χ0n) is 11.1. The number of rotatable bonds is 3. The van der Waals surface area contributed by atoms with E-state index in [1.54, 1.807) is 48.8 Å². The molecule has 0 unspecified atom stereocenters. The van der Waals surface area contributed by atoms with Crippen LogP contribution in [-0.4, -0.2) is 10.9 Å². The van der Waals surface area contributed by atoms with E-state index in [1.165, 1.54) is 6.08 Å². The molecule has 1 aromatic heterocycles. The van der Waals surface area contributed by atoms with Crippen molar-refractivity contribution in [3.8, 4) is 18.4 Å². The highest BCUT2D eigenvalue weighted by Gasteiger charge is 2.09. The lowest BCUT2D eigenvalue weighted by Gasteiger charge is -2.03. The molecule has 1 heterocycles. The number of nitriles is 1. The van der Waals surface area contributed by atoms with E-state index in [9.17, 15) is 4.79 Å². The average Bonchev–Trinajstić information content (AvgIpc) is 2.54. The fraction of sp³-hybridized carbons (Fsp3) is 0. The molecule has 1 N–H and O–H groups in total. The quantitative estimate of drug-likeness (QED) is 0.531. The first kappa shape index (κ1) is 14.0. The van der Waals surface area contributed by atoms with Gasteiger partial charge in [0.1, 0.15) is 11.6 Å². The van der Waals surface area contributed by atoms with E-state index in [1.807, 2.05) is 6.07 Å². The normalized spacial score (nSPS) is 10.3. The predicted octanol–water partition coefficient (Wildman–Crippen LogP) is 2.61. The fourth-order valence-electron chi connectivity index (χ4n) is 1.62. The molecule has 1 aromatic carbocycles. The van der Waals surface area contributed by atoms with Crippen LogP contribution >= 0.6 is 0 Å². The van der Waals surface area contributed by atoms with E-state index in [4.69, 9.17) is 11.7 Å². The smallest absolute Gasteiger partial charge is 0.266 e. The Morgan fingerprint density at radius 3 is 2.43 bits per heavy atom. The van der Waals surface area contributed by atoms with E-state index in [0.29, 0.717) is 5.69 Å². The standard InChI is InChI=1S/C17H11N3O/c1-2-13-3-5-14(6-4-13)11-15(12-18)17(21)20-16-7-9-19-10-8-16/h1,3-11H,(H,19,20,21). The van der Waals surface area contributed by atoms with Gasteiger partial charge >= 0.3 is 0 Å². The number of carbonyl (C=O) groups is 1. The molecule has 4 nitrogen and oxygen atoms in total. The van der Waals surface area contributed by atoms with Crippen LogP contribution in [0.25, 0.3) is 6.08 Å². The minimum absolute atomic E-state index is 0.0141.